The van der Waals surface area contributed by atoms with Gasteiger partial charge < -0.3 is 14.5 Å². The molecule has 0 spiro atoms. The van der Waals surface area contributed by atoms with E-state index in [4.69, 9.17) is 0 Å². The SMILES string of the molecule is Cc1nccn1[C@@H]1CCCN(C(=O)CCc2c[nH]c3ccccc23)C1. The molecule has 4 rings (SSSR count). The standard InChI is InChI=1S/C20H24N4O/c1-15-21-10-12-24(15)17-5-4-11-23(14-17)20(25)9-8-16-13-22-19-7-3-2-6-18(16)19/h2-3,6-7,10,12-13,17,22H,4-5,8-9,11,14H2,1H3/t17-/m1/s1. The number of piperidine rings is 1. The molecule has 1 amide bonds. The van der Waals surface area contributed by atoms with Crippen molar-refractivity contribution in [2.45, 2.75) is 38.6 Å². The van der Waals surface area contributed by atoms with Gasteiger partial charge in [-0.1, -0.05) is 18.2 Å². The number of amides is 1. The molecule has 3 heterocycles. The number of nitrogens with one attached hydrogen (secondary N) is 1. The Morgan fingerprint density at radius 2 is 2.24 bits per heavy atom. The summed E-state index contributed by atoms with van der Waals surface area (Å²) in [7, 11) is 0. The molecule has 1 aliphatic rings. The molecule has 0 radical (unpaired) electrons. The van der Waals surface area contributed by atoms with E-state index in [9.17, 15) is 4.79 Å². The van der Waals surface area contributed by atoms with Gasteiger partial charge in [0.15, 0.2) is 0 Å². The molecule has 2 aromatic heterocycles. The second-order valence-electron chi connectivity index (χ2n) is 6.88. The van der Waals surface area contributed by atoms with Crippen LogP contribution in [0.2, 0.25) is 0 Å². The van der Waals surface area contributed by atoms with Crippen LogP contribution in [0.3, 0.4) is 0 Å². The van der Waals surface area contributed by atoms with Gasteiger partial charge in [-0.3, -0.25) is 4.79 Å². The Hall–Kier alpha value is -2.56. The molecule has 1 aromatic carbocycles. The average Bonchev–Trinajstić information content (AvgIpc) is 3.26. The van der Waals surface area contributed by atoms with Crippen LogP contribution in [0.1, 0.15) is 36.7 Å². The van der Waals surface area contributed by atoms with E-state index >= 15 is 0 Å². The third kappa shape index (κ3) is 3.18. The molecule has 0 unspecified atom stereocenters. The molecule has 25 heavy (non-hydrogen) atoms. The molecule has 130 valence electrons. The molecule has 0 aliphatic carbocycles. The second-order valence-corrected chi connectivity index (χ2v) is 6.88. The molecule has 1 N–H and O–H groups in total. The van der Waals surface area contributed by atoms with Gasteiger partial charge in [-0.2, -0.15) is 0 Å². The summed E-state index contributed by atoms with van der Waals surface area (Å²) in [4.78, 5) is 22.4. The maximum Gasteiger partial charge on any atom is 0.222 e. The first-order chi connectivity index (χ1) is 12.2. The van der Waals surface area contributed by atoms with Crippen molar-refractivity contribution in [3.63, 3.8) is 0 Å². The number of hydrogen-bond donors (Lipinski definition) is 1. The van der Waals surface area contributed by atoms with Gasteiger partial charge >= 0.3 is 0 Å². The van der Waals surface area contributed by atoms with Gasteiger partial charge in [-0.15, -0.1) is 0 Å². The highest BCUT2D eigenvalue weighted by molar-refractivity contribution is 5.84. The second kappa shape index (κ2) is 6.75. The summed E-state index contributed by atoms with van der Waals surface area (Å²) in [5.41, 5.74) is 2.36. The lowest BCUT2D eigenvalue weighted by Crippen LogP contribution is -2.40. The number of benzene rings is 1. The molecule has 3 aromatic rings. The number of carbonyl (C=O) groups excluding carboxylic acids is 1. The zero-order chi connectivity index (χ0) is 17.2. The van der Waals surface area contributed by atoms with Crippen LogP contribution in [0.25, 0.3) is 10.9 Å². The molecule has 1 saturated heterocycles. The van der Waals surface area contributed by atoms with Gasteiger partial charge in [0.1, 0.15) is 5.82 Å². The number of nitrogens with zero attached hydrogens (tertiary/aromatic N) is 3. The Balaban J connectivity index is 1.40. The van der Waals surface area contributed by atoms with Crippen molar-refractivity contribution in [1.82, 2.24) is 19.4 Å². The van der Waals surface area contributed by atoms with Crippen LogP contribution in [-0.4, -0.2) is 38.4 Å². The zero-order valence-electron chi connectivity index (χ0n) is 14.6. The average molecular weight is 336 g/mol. The number of aromatic nitrogens is 3. The molecular weight excluding hydrogens is 312 g/mol. The predicted octanol–water partition coefficient (Wildman–Crippen LogP) is 3.47. The van der Waals surface area contributed by atoms with Crippen LogP contribution in [0.4, 0.5) is 0 Å². The molecule has 1 atom stereocenters. The lowest BCUT2D eigenvalue weighted by atomic mass is 10.0. The first-order valence-corrected chi connectivity index (χ1v) is 9.04. The summed E-state index contributed by atoms with van der Waals surface area (Å²) < 4.78 is 2.21. The minimum absolute atomic E-state index is 0.257. The Morgan fingerprint density at radius 1 is 1.36 bits per heavy atom. The summed E-state index contributed by atoms with van der Waals surface area (Å²) in [6.07, 6.45) is 9.43. The van der Waals surface area contributed by atoms with Crippen LogP contribution in [0.15, 0.2) is 42.9 Å². The van der Waals surface area contributed by atoms with Crippen molar-refractivity contribution >= 4 is 16.8 Å². The number of aryl methyl sites for hydroxylation is 2. The van der Waals surface area contributed by atoms with Gasteiger partial charge in [-0.25, -0.2) is 4.98 Å². The Kier molecular flexibility index (Phi) is 4.30. The Morgan fingerprint density at radius 3 is 3.08 bits per heavy atom. The summed E-state index contributed by atoms with van der Waals surface area (Å²) in [5.74, 6) is 1.28. The smallest absolute Gasteiger partial charge is 0.222 e. The molecule has 5 heteroatoms. The van der Waals surface area contributed by atoms with E-state index in [1.165, 1.54) is 10.9 Å². The van der Waals surface area contributed by atoms with Gasteiger partial charge in [-0.05, 0) is 37.8 Å². The quantitative estimate of drug-likeness (QED) is 0.793. The maximum absolute atomic E-state index is 12.7. The van der Waals surface area contributed by atoms with E-state index in [1.807, 2.05) is 42.5 Å². The van der Waals surface area contributed by atoms with E-state index in [0.717, 1.165) is 43.7 Å². The Labute approximate surface area is 147 Å². The van der Waals surface area contributed by atoms with E-state index in [1.54, 1.807) is 0 Å². The van der Waals surface area contributed by atoms with Gasteiger partial charge in [0.25, 0.3) is 0 Å². The zero-order valence-corrected chi connectivity index (χ0v) is 14.6. The number of hydrogen-bond acceptors (Lipinski definition) is 2. The lowest BCUT2D eigenvalue weighted by Gasteiger charge is -2.34. The fraction of sp³-hybridized carbons (Fsp3) is 0.400. The van der Waals surface area contributed by atoms with Crippen LogP contribution in [-0.2, 0) is 11.2 Å². The molecule has 1 aliphatic heterocycles. The van der Waals surface area contributed by atoms with Crippen LogP contribution in [0.5, 0.6) is 0 Å². The Bertz CT molecular complexity index is 879. The van der Waals surface area contributed by atoms with Gasteiger partial charge in [0.2, 0.25) is 5.91 Å². The van der Waals surface area contributed by atoms with E-state index < -0.39 is 0 Å². The lowest BCUT2D eigenvalue weighted by molar-refractivity contribution is -0.132. The summed E-state index contributed by atoms with van der Waals surface area (Å²) in [6, 6.07) is 8.62. The minimum Gasteiger partial charge on any atom is -0.361 e. The number of para-hydroxylation sites is 1. The van der Waals surface area contributed by atoms with E-state index in [-0.39, 0.29) is 5.91 Å². The van der Waals surface area contributed by atoms with E-state index in [2.05, 4.69) is 26.7 Å². The monoisotopic (exact) mass is 336 g/mol. The number of imidazole rings is 1. The first-order valence-electron chi connectivity index (χ1n) is 9.04. The largest absolute Gasteiger partial charge is 0.361 e. The van der Waals surface area contributed by atoms with E-state index in [0.29, 0.717) is 12.5 Å². The maximum atomic E-state index is 12.7. The highest BCUT2D eigenvalue weighted by Gasteiger charge is 2.25. The summed E-state index contributed by atoms with van der Waals surface area (Å²) in [6.45, 7) is 3.69. The topological polar surface area (TPSA) is 53.9 Å². The van der Waals surface area contributed by atoms with Crippen molar-refractivity contribution in [2.24, 2.45) is 0 Å². The fourth-order valence-corrected chi connectivity index (χ4v) is 3.92. The van der Waals surface area contributed by atoms with Crippen LogP contribution in [0, 0.1) is 6.92 Å². The summed E-state index contributed by atoms with van der Waals surface area (Å²) >= 11 is 0. The fourth-order valence-electron chi connectivity index (χ4n) is 3.92. The number of H-pyrrole nitrogens is 1. The number of aromatic amines is 1. The highest BCUT2D eigenvalue weighted by atomic mass is 16.2. The molecule has 1 fully saturated rings. The van der Waals surface area contributed by atoms with Crippen molar-refractivity contribution in [2.75, 3.05) is 13.1 Å². The first kappa shape index (κ1) is 15.9. The third-order valence-corrected chi connectivity index (χ3v) is 5.29. The van der Waals surface area contributed by atoms with Crippen LogP contribution < -0.4 is 0 Å². The molecular formula is C20H24N4O. The molecule has 5 nitrogen and oxygen atoms in total. The summed E-state index contributed by atoms with van der Waals surface area (Å²) in [5, 5.41) is 1.22. The predicted molar refractivity (Wildman–Crippen MR) is 98.4 cm³/mol. The van der Waals surface area contributed by atoms with Crippen molar-refractivity contribution < 1.29 is 4.79 Å². The van der Waals surface area contributed by atoms with Crippen LogP contribution >= 0.6 is 0 Å². The highest BCUT2D eigenvalue weighted by Crippen LogP contribution is 2.24. The number of likely N-dealkylation sites (tertiary alicyclic amines) is 1. The van der Waals surface area contributed by atoms with Crippen molar-refractivity contribution in [3.05, 3.63) is 54.2 Å². The number of rotatable bonds is 4. The molecule has 0 bridgehead atoms. The molecule has 0 saturated carbocycles. The minimum atomic E-state index is 0.257. The van der Waals surface area contributed by atoms with Gasteiger partial charge in [0, 0.05) is 49.0 Å². The number of fused-ring (bicyclic) bond motifs is 1. The van der Waals surface area contributed by atoms with Crippen molar-refractivity contribution in [1.29, 1.82) is 0 Å². The van der Waals surface area contributed by atoms with Gasteiger partial charge in [0.05, 0.1) is 6.04 Å². The van der Waals surface area contributed by atoms with Crippen molar-refractivity contribution in [3.8, 4) is 0 Å². The number of carbonyl (C=O) groups is 1. The normalized spacial score (nSPS) is 18.0. The third-order valence-electron chi connectivity index (χ3n) is 5.29.